The molecule has 0 aromatic heterocycles. The Kier molecular flexibility index (Phi) is 5.98. The van der Waals surface area contributed by atoms with Gasteiger partial charge < -0.3 is 19.6 Å². The summed E-state index contributed by atoms with van der Waals surface area (Å²) in [4.78, 5) is 44.2. The molecule has 2 saturated heterocycles. The molecule has 4 rings (SSSR count). The van der Waals surface area contributed by atoms with Crippen molar-refractivity contribution in [3.05, 3.63) is 24.3 Å². The molecular weight excluding hydrogens is 416 g/mol. The first-order chi connectivity index (χ1) is 14.8. The van der Waals surface area contributed by atoms with Crippen LogP contribution in [0.15, 0.2) is 24.3 Å². The number of fused-ring (bicyclic) bond motifs is 2. The number of esters is 1. The van der Waals surface area contributed by atoms with Gasteiger partial charge in [0.2, 0.25) is 11.8 Å². The van der Waals surface area contributed by atoms with Crippen LogP contribution in [0.2, 0.25) is 0 Å². The standard InChI is InChI=1S/C23H32N2O5S/c1-15(2)24-12-7-10-23-16(17-21(29)30-14-8-9-22(17,3)31-23)19(27)25(18(23)20(24)28)11-5-4-6-13-26/h7-10,15-18,26H,4-6,11-14H2,1-3H3/t16-,17+,18?,22-,23-/m0/s1. The van der Waals surface area contributed by atoms with Crippen LogP contribution < -0.4 is 0 Å². The van der Waals surface area contributed by atoms with Crippen LogP contribution in [0.3, 0.4) is 0 Å². The van der Waals surface area contributed by atoms with E-state index in [9.17, 15) is 14.4 Å². The number of carbonyl (C=O) groups excluding carboxylic acids is 3. The van der Waals surface area contributed by atoms with E-state index in [1.54, 1.807) is 16.7 Å². The zero-order valence-corrected chi connectivity index (χ0v) is 19.3. The zero-order chi connectivity index (χ0) is 22.4. The summed E-state index contributed by atoms with van der Waals surface area (Å²) < 4.78 is 4.02. The summed E-state index contributed by atoms with van der Waals surface area (Å²) in [6, 6.07) is -0.634. The van der Waals surface area contributed by atoms with Gasteiger partial charge >= 0.3 is 5.97 Å². The van der Waals surface area contributed by atoms with Crippen LogP contribution in [0.4, 0.5) is 0 Å². The Morgan fingerprint density at radius 1 is 1.13 bits per heavy atom. The summed E-state index contributed by atoms with van der Waals surface area (Å²) in [7, 11) is 0. The van der Waals surface area contributed by atoms with Crippen molar-refractivity contribution in [2.45, 2.75) is 61.6 Å². The number of hydrogen-bond acceptors (Lipinski definition) is 6. The molecule has 5 atom stereocenters. The number of thioether (sulfide) groups is 1. The van der Waals surface area contributed by atoms with Crippen molar-refractivity contribution < 1.29 is 24.2 Å². The van der Waals surface area contributed by atoms with E-state index in [4.69, 9.17) is 9.84 Å². The number of nitrogens with zero attached hydrogens (tertiary/aromatic N) is 2. The number of ether oxygens (including phenoxy) is 1. The second-order valence-corrected chi connectivity index (χ2v) is 11.1. The number of hydrogen-bond donors (Lipinski definition) is 1. The number of cyclic esters (lactones) is 1. The van der Waals surface area contributed by atoms with Gasteiger partial charge in [-0.3, -0.25) is 14.4 Å². The highest BCUT2D eigenvalue weighted by Crippen LogP contribution is 2.65. The van der Waals surface area contributed by atoms with Gasteiger partial charge in [0.25, 0.3) is 0 Å². The molecule has 2 amide bonds. The minimum atomic E-state index is -0.797. The van der Waals surface area contributed by atoms with Crippen LogP contribution in [-0.4, -0.2) is 80.6 Å². The molecule has 8 heteroatoms. The van der Waals surface area contributed by atoms with Crippen LogP contribution in [0.1, 0.15) is 40.0 Å². The lowest BCUT2D eigenvalue weighted by Crippen LogP contribution is -2.54. The SMILES string of the molecule is CC(C)N1CC=C[C@]23S[C@@]4(C)C=CCOC(=O)[C@H]4[C@H]2C(=O)N(CCCCCO)C3C1=O. The Bertz CT molecular complexity index is 827. The van der Waals surface area contributed by atoms with Gasteiger partial charge in [-0.25, -0.2) is 0 Å². The lowest BCUT2D eigenvalue weighted by atomic mass is 9.75. The summed E-state index contributed by atoms with van der Waals surface area (Å²) in [6.07, 6.45) is 10.0. The van der Waals surface area contributed by atoms with E-state index in [0.29, 0.717) is 25.9 Å². The van der Waals surface area contributed by atoms with Gasteiger partial charge in [-0.05, 0) is 46.1 Å². The van der Waals surface area contributed by atoms with Gasteiger partial charge in [0.15, 0.2) is 0 Å². The first-order valence-electron chi connectivity index (χ1n) is 11.2. The van der Waals surface area contributed by atoms with E-state index in [1.165, 1.54) is 0 Å². The van der Waals surface area contributed by atoms with E-state index < -0.39 is 27.4 Å². The summed E-state index contributed by atoms with van der Waals surface area (Å²) in [5.41, 5.74) is 0. The van der Waals surface area contributed by atoms with Crippen LogP contribution >= 0.6 is 11.8 Å². The molecule has 0 aliphatic carbocycles. The maximum Gasteiger partial charge on any atom is 0.311 e. The van der Waals surface area contributed by atoms with Crippen molar-refractivity contribution in [1.82, 2.24) is 9.80 Å². The van der Waals surface area contributed by atoms with Gasteiger partial charge in [-0.2, -0.15) is 0 Å². The Morgan fingerprint density at radius 3 is 2.61 bits per heavy atom. The Balaban J connectivity index is 1.79. The normalized spacial score (nSPS) is 36.9. The van der Waals surface area contributed by atoms with Crippen molar-refractivity contribution in [2.24, 2.45) is 11.8 Å². The van der Waals surface area contributed by atoms with Gasteiger partial charge in [0.05, 0.1) is 16.6 Å². The van der Waals surface area contributed by atoms with E-state index >= 15 is 0 Å². The minimum absolute atomic E-state index is 0.00928. The predicted octanol–water partition coefficient (Wildman–Crippen LogP) is 1.76. The summed E-state index contributed by atoms with van der Waals surface area (Å²) in [5.74, 6) is -1.81. The van der Waals surface area contributed by atoms with E-state index in [0.717, 1.165) is 6.42 Å². The molecule has 2 fully saturated rings. The molecule has 7 nitrogen and oxygen atoms in total. The molecule has 0 radical (unpaired) electrons. The van der Waals surface area contributed by atoms with Crippen LogP contribution in [0, 0.1) is 11.8 Å². The zero-order valence-electron chi connectivity index (χ0n) is 18.5. The van der Waals surface area contributed by atoms with Crippen molar-refractivity contribution in [3.8, 4) is 0 Å². The number of rotatable bonds is 6. The molecule has 4 aliphatic heterocycles. The molecule has 1 unspecified atom stereocenters. The number of likely N-dealkylation sites (tertiary alicyclic amines) is 1. The lowest BCUT2D eigenvalue weighted by Gasteiger charge is -2.37. The minimum Gasteiger partial charge on any atom is -0.461 e. The van der Waals surface area contributed by atoms with Crippen molar-refractivity contribution in [1.29, 1.82) is 0 Å². The second kappa shape index (κ2) is 8.28. The molecule has 0 saturated carbocycles. The third-order valence-corrected chi connectivity index (χ3v) is 8.82. The first-order valence-corrected chi connectivity index (χ1v) is 12.0. The smallest absolute Gasteiger partial charge is 0.311 e. The molecule has 170 valence electrons. The Labute approximate surface area is 187 Å². The molecule has 0 aromatic rings. The average molecular weight is 449 g/mol. The molecule has 4 aliphatic rings. The summed E-state index contributed by atoms with van der Waals surface area (Å²) >= 11 is 1.57. The maximum absolute atomic E-state index is 13.8. The molecular formula is C23H32N2O5S. The van der Waals surface area contributed by atoms with Crippen LogP contribution in [-0.2, 0) is 19.1 Å². The lowest BCUT2D eigenvalue weighted by molar-refractivity contribution is -0.152. The van der Waals surface area contributed by atoms with Crippen molar-refractivity contribution in [3.63, 3.8) is 0 Å². The fourth-order valence-electron chi connectivity index (χ4n) is 5.65. The highest BCUT2D eigenvalue weighted by molar-refractivity contribution is 8.02. The molecule has 1 spiro atoms. The van der Waals surface area contributed by atoms with Crippen LogP contribution in [0.5, 0.6) is 0 Å². The van der Waals surface area contributed by atoms with Crippen molar-refractivity contribution >= 4 is 29.5 Å². The van der Waals surface area contributed by atoms with E-state index in [2.05, 4.69) is 0 Å². The van der Waals surface area contributed by atoms with E-state index in [-0.39, 0.29) is 37.0 Å². The molecule has 0 aromatic carbocycles. The Morgan fingerprint density at radius 2 is 1.90 bits per heavy atom. The van der Waals surface area contributed by atoms with Gasteiger partial charge in [-0.15, -0.1) is 11.8 Å². The first kappa shape index (κ1) is 22.4. The highest BCUT2D eigenvalue weighted by Gasteiger charge is 2.73. The Hall–Kier alpha value is -1.80. The van der Waals surface area contributed by atoms with Crippen LogP contribution in [0.25, 0.3) is 0 Å². The number of aliphatic hydroxyl groups excluding tert-OH is 1. The molecule has 0 bridgehead atoms. The quantitative estimate of drug-likeness (QED) is 0.379. The number of amides is 2. The fraction of sp³-hybridized carbons (Fsp3) is 0.696. The maximum atomic E-state index is 13.8. The summed E-state index contributed by atoms with van der Waals surface area (Å²) in [5, 5.41) is 9.10. The third kappa shape index (κ3) is 3.42. The number of carbonyl (C=O) groups is 3. The fourth-order valence-corrected chi connectivity index (χ4v) is 7.80. The number of unbranched alkanes of at least 4 members (excludes halogenated alkanes) is 2. The largest absolute Gasteiger partial charge is 0.461 e. The van der Waals surface area contributed by atoms with Gasteiger partial charge in [-0.1, -0.05) is 18.2 Å². The highest BCUT2D eigenvalue weighted by atomic mass is 32.2. The molecule has 4 heterocycles. The van der Waals surface area contributed by atoms with E-state index in [1.807, 2.05) is 50.0 Å². The summed E-state index contributed by atoms with van der Waals surface area (Å²) in [6.45, 7) is 7.22. The molecule has 31 heavy (non-hydrogen) atoms. The monoisotopic (exact) mass is 448 g/mol. The molecule has 1 N–H and O–H groups in total. The van der Waals surface area contributed by atoms with Gasteiger partial charge in [0, 0.05) is 30.5 Å². The predicted molar refractivity (Wildman–Crippen MR) is 118 cm³/mol. The third-order valence-electron chi connectivity index (χ3n) is 7.02. The number of aliphatic hydroxyl groups is 1. The second-order valence-electron chi connectivity index (χ2n) is 9.33. The average Bonchev–Trinajstić information content (AvgIpc) is 2.96. The van der Waals surface area contributed by atoms with Crippen molar-refractivity contribution in [2.75, 3.05) is 26.3 Å². The topological polar surface area (TPSA) is 87.2 Å². The van der Waals surface area contributed by atoms with Gasteiger partial charge in [0.1, 0.15) is 12.6 Å².